The Morgan fingerprint density at radius 2 is 1.92 bits per heavy atom. The molecule has 4 heteroatoms. The lowest BCUT2D eigenvalue weighted by Gasteiger charge is -2.31. The summed E-state index contributed by atoms with van der Waals surface area (Å²) in [6.07, 6.45) is 1.62. The summed E-state index contributed by atoms with van der Waals surface area (Å²) >= 11 is 0. The first kappa shape index (κ1) is 18.2. The minimum Gasteiger partial charge on any atom is -0.326 e. The number of nitrogens with zero attached hydrogens (tertiary/aromatic N) is 1. The maximum atomic E-state index is 12.4. The second-order valence-electron chi connectivity index (χ2n) is 7.39. The maximum absolute atomic E-state index is 12.4. The van der Waals surface area contributed by atoms with Crippen LogP contribution in [0.25, 0.3) is 0 Å². The Labute approximate surface area is 155 Å². The zero-order chi connectivity index (χ0) is 18.7. The van der Waals surface area contributed by atoms with Crippen LogP contribution in [0.5, 0.6) is 0 Å². The Bertz CT molecular complexity index is 827. The molecule has 0 atom stereocenters. The highest BCUT2D eigenvalue weighted by Gasteiger charge is 2.24. The van der Waals surface area contributed by atoms with Gasteiger partial charge in [0.25, 0.3) is 0 Å². The van der Waals surface area contributed by atoms with Crippen molar-refractivity contribution in [2.75, 3.05) is 16.8 Å². The summed E-state index contributed by atoms with van der Waals surface area (Å²) in [4.78, 5) is 26.5. The predicted octanol–water partition coefficient (Wildman–Crippen LogP) is 4.11. The molecule has 0 aliphatic carbocycles. The SMILES string of the molecule is Cc1ccccc1CC(=O)Nc1ccc2c(c1)CCC(=O)N2CC(C)C. The molecule has 0 bridgehead atoms. The number of fused-ring (bicyclic) bond motifs is 1. The second-order valence-corrected chi connectivity index (χ2v) is 7.39. The van der Waals surface area contributed by atoms with Crippen LogP contribution >= 0.6 is 0 Å². The fourth-order valence-electron chi connectivity index (χ4n) is 3.39. The molecule has 0 fully saturated rings. The maximum Gasteiger partial charge on any atom is 0.228 e. The van der Waals surface area contributed by atoms with Crippen molar-refractivity contribution < 1.29 is 9.59 Å². The van der Waals surface area contributed by atoms with Gasteiger partial charge < -0.3 is 10.2 Å². The second kappa shape index (κ2) is 7.73. The van der Waals surface area contributed by atoms with E-state index in [1.165, 1.54) is 0 Å². The van der Waals surface area contributed by atoms with Crippen molar-refractivity contribution in [1.82, 2.24) is 0 Å². The molecule has 0 aromatic heterocycles. The summed E-state index contributed by atoms with van der Waals surface area (Å²) in [6, 6.07) is 13.8. The Morgan fingerprint density at radius 1 is 1.15 bits per heavy atom. The van der Waals surface area contributed by atoms with Crippen molar-refractivity contribution in [2.24, 2.45) is 5.92 Å². The number of anilines is 2. The highest BCUT2D eigenvalue weighted by molar-refractivity contribution is 5.98. The summed E-state index contributed by atoms with van der Waals surface area (Å²) < 4.78 is 0. The molecule has 1 aliphatic rings. The first-order valence-corrected chi connectivity index (χ1v) is 9.21. The van der Waals surface area contributed by atoms with Crippen molar-refractivity contribution in [3.05, 3.63) is 59.2 Å². The molecule has 1 aliphatic heterocycles. The lowest BCUT2D eigenvalue weighted by atomic mass is 9.99. The van der Waals surface area contributed by atoms with E-state index in [2.05, 4.69) is 19.2 Å². The van der Waals surface area contributed by atoms with Gasteiger partial charge in [-0.15, -0.1) is 0 Å². The zero-order valence-corrected chi connectivity index (χ0v) is 15.7. The van der Waals surface area contributed by atoms with Crippen molar-refractivity contribution >= 4 is 23.2 Å². The third kappa shape index (κ3) is 4.13. The van der Waals surface area contributed by atoms with Gasteiger partial charge in [0.15, 0.2) is 0 Å². The number of nitrogens with one attached hydrogen (secondary N) is 1. The van der Waals surface area contributed by atoms with Crippen LogP contribution in [0.1, 0.15) is 37.0 Å². The molecule has 0 radical (unpaired) electrons. The van der Waals surface area contributed by atoms with Crippen LogP contribution in [0, 0.1) is 12.8 Å². The number of hydrogen-bond donors (Lipinski definition) is 1. The highest BCUT2D eigenvalue weighted by Crippen LogP contribution is 2.31. The summed E-state index contributed by atoms with van der Waals surface area (Å²) in [6.45, 7) is 6.97. The predicted molar refractivity (Wildman–Crippen MR) is 105 cm³/mol. The number of carbonyl (C=O) groups excluding carboxylic acids is 2. The molecule has 0 saturated heterocycles. The smallest absolute Gasteiger partial charge is 0.228 e. The molecule has 3 rings (SSSR count). The highest BCUT2D eigenvalue weighted by atomic mass is 16.2. The van der Waals surface area contributed by atoms with Gasteiger partial charge in [-0.25, -0.2) is 0 Å². The summed E-state index contributed by atoms with van der Waals surface area (Å²) in [7, 11) is 0. The van der Waals surface area contributed by atoms with Crippen molar-refractivity contribution in [3.63, 3.8) is 0 Å². The Morgan fingerprint density at radius 3 is 2.65 bits per heavy atom. The number of carbonyl (C=O) groups is 2. The van der Waals surface area contributed by atoms with Gasteiger partial charge in [0.1, 0.15) is 0 Å². The van der Waals surface area contributed by atoms with Gasteiger partial charge in [-0.2, -0.15) is 0 Å². The van der Waals surface area contributed by atoms with Gasteiger partial charge in [0.2, 0.25) is 11.8 Å². The van der Waals surface area contributed by atoms with Crippen LogP contribution in [0.2, 0.25) is 0 Å². The van der Waals surface area contributed by atoms with Crippen LogP contribution in [-0.4, -0.2) is 18.4 Å². The quantitative estimate of drug-likeness (QED) is 0.882. The molecule has 0 spiro atoms. The van der Waals surface area contributed by atoms with E-state index in [0.29, 0.717) is 18.8 Å². The molecule has 2 amide bonds. The molecule has 2 aromatic rings. The summed E-state index contributed by atoms with van der Waals surface area (Å²) in [5.74, 6) is 0.575. The summed E-state index contributed by atoms with van der Waals surface area (Å²) in [5.41, 5.74) is 5.06. The molecular weight excluding hydrogens is 324 g/mol. The first-order chi connectivity index (χ1) is 12.4. The largest absolute Gasteiger partial charge is 0.326 e. The Balaban J connectivity index is 1.73. The van der Waals surface area contributed by atoms with E-state index in [-0.39, 0.29) is 11.8 Å². The molecule has 1 N–H and O–H groups in total. The average Bonchev–Trinajstić information content (AvgIpc) is 2.59. The van der Waals surface area contributed by atoms with Crippen LogP contribution < -0.4 is 10.2 Å². The van der Waals surface area contributed by atoms with E-state index >= 15 is 0 Å². The molecule has 0 unspecified atom stereocenters. The number of aryl methyl sites for hydroxylation is 2. The number of hydrogen-bond acceptors (Lipinski definition) is 2. The molecule has 26 heavy (non-hydrogen) atoms. The molecule has 2 aromatic carbocycles. The molecule has 0 saturated carbocycles. The monoisotopic (exact) mass is 350 g/mol. The minimum atomic E-state index is -0.0230. The molecule has 4 nitrogen and oxygen atoms in total. The van der Waals surface area contributed by atoms with Crippen LogP contribution in [0.4, 0.5) is 11.4 Å². The van der Waals surface area contributed by atoms with Crippen LogP contribution in [-0.2, 0) is 22.4 Å². The standard InChI is InChI=1S/C22H26N2O2/c1-15(2)14-24-20-10-9-19(12-18(20)8-11-22(24)26)23-21(25)13-17-7-5-4-6-16(17)3/h4-7,9-10,12,15H,8,11,13-14H2,1-3H3,(H,23,25). The lowest BCUT2D eigenvalue weighted by molar-refractivity contribution is -0.119. The van der Waals surface area contributed by atoms with E-state index in [4.69, 9.17) is 0 Å². The third-order valence-electron chi connectivity index (χ3n) is 4.72. The van der Waals surface area contributed by atoms with E-state index in [9.17, 15) is 9.59 Å². The normalized spacial score (nSPS) is 13.7. The van der Waals surface area contributed by atoms with E-state index in [1.54, 1.807) is 0 Å². The van der Waals surface area contributed by atoms with Crippen molar-refractivity contribution in [2.45, 2.75) is 40.0 Å². The van der Waals surface area contributed by atoms with E-state index in [1.807, 2.05) is 54.3 Å². The first-order valence-electron chi connectivity index (χ1n) is 9.21. The van der Waals surface area contributed by atoms with E-state index < -0.39 is 0 Å². The van der Waals surface area contributed by atoms with Gasteiger partial charge in [-0.05, 0) is 54.2 Å². The fourth-order valence-corrected chi connectivity index (χ4v) is 3.39. The molecular formula is C22H26N2O2. The van der Waals surface area contributed by atoms with Gasteiger partial charge in [-0.3, -0.25) is 9.59 Å². The van der Waals surface area contributed by atoms with Gasteiger partial charge in [0, 0.05) is 24.3 Å². The Hall–Kier alpha value is -2.62. The average molecular weight is 350 g/mol. The number of rotatable bonds is 5. The van der Waals surface area contributed by atoms with Crippen LogP contribution in [0.15, 0.2) is 42.5 Å². The topological polar surface area (TPSA) is 49.4 Å². The van der Waals surface area contributed by atoms with Crippen LogP contribution in [0.3, 0.4) is 0 Å². The molecule has 136 valence electrons. The fraction of sp³-hybridized carbons (Fsp3) is 0.364. The Kier molecular flexibility index (Phi) is 5.40. The van der Waals surface area contributed by atoms with Crippen molar-refractivity contribution in [1.29, 1.82) is 0 Å². The minimum absolute atomic E-state index is 0.0230. The number of amides is 2. The number of benzene rings is 2. The third-order valence-corrected chi connectivity index (χ3v) is 4.72. The zero-order valence-electron chi connectivity index (χ0n) is 15.7. The lowest BCUT2D eigenvalue weighted by Crippen LogP contribution is -2.37. The van der Waals surface area contributed by atoms with Gasteiger partial charge >= 0.3 is 0 Å². The van der Waals surface area contributed by atoms with Gasteiger partial charge in [-0.1, -0.05) is 38.1 Å². The van der Waals surface area contributed by atoms with Crippen molar-refractivity contribution in [3.8, 4) is 0 Å². The van der Waals surface area contributed by atoms with E-state index in [0.717, 1.165) is 41.0 Å². The van der Waals surface area contributed by atoms with Gasteiger partial charge in [0.05, 0.1) is 6.42 Å². The summed E-state index contributed by atoms with van der Waals surface area (Å²) in [5, 5.41) is 2.99. The molecule has 1 heterocycles.